The number of sulfone groups is 1. The topological polar surface area (TPSA) is 124 Å². The lowest BCUT2D eigenvalue weighted by Gasteiger charge is -2.41. The van der Waals surface area contributed by atoms with Gasteiger partial charge in [-0.1, -0.05) is 0 Å². The van der Waals surface area contributed by atoms with Crippen LogP contribution < -0.4 is 15.5 Å². The standard InChI is InChI=1S/C28H34FN5O5S/c1-19-17-39-15-14-33(19)27-31-24(23-16-20(29)4-9-25(23)40(2,37)38)10-13-34(27)22-7-5-21(6-8-22)30-26(36)32-28(18-35)11-3-12-28/h4-10,16,19,35H,3,11-15,17-18H2,1-2H3,(H2,30,32,36)/t19-/m0/s1. The molecule has 1 aliphatic carbocycles. The van der Waals surface area contributed by atoms with Crippen molar-refractivity contribution in [2.75, 3.05) is 49.4 Å². The fraction of sp³-hybridized carbons (Fsp3) is 0.429. The van der Waals surface area contributed by atoms with Crippen LogP contribution in [0.5, 0.6) is 0 Å². The van der Waals surface area contributed by atoms with Crippen molar-refractivity contribution in [1.82, 2.24) is 10.2 Å². The minimum absolute atomic E-state index is 0.00576. The van der Waals surface area contributed by atoms with Crippen LogP contribution in [-0.4, -0.2) is 81.2 Å². The van der Waals surface area contributed by atoms with E-state index in [-0.39, 0.29) is 29.1 Å². The molecular weight excluding hydrogens is 537 g/mol. The summed E-state index contributed by atoms with van der Waals surface area (Å²) in [5.41, 5.74) is 1.47. The first-order valence-electron chi connectivity index (χ1n) is 13.3. The number of morpholine rings is 1. The number of aliphatic imine (C=N–C) groups is 1. The number of rotatable bonds is 6. The van der Waals surface area contributed by atoms with Gasteiger partial charge in [-0.15, -0.1) is 0 Å². The SMILES string of the molecule is C[C@H]1COCCN1C1=NC(c2cc(F)ccc2S(C)(=O)=O)=CCN1c1ccc(NC(=O)NC2(CO)CCC2)cc1. The first kappa shape index (κ1) is 28.1. The second-order valence-electron chi connectivity index (χ2n) is 10.6. The second kappa shape index (κ2) is 11.2. The van der Waals surface area contributed by atoms with E-state index in [0.717, 1.165) is 37.3 Å². The van der Waals surface area contributed by atoms with E-state index in [4.69, 9.17) is 9.73 Å². The largest absolute Gasteiger partial charge is 0.394 e. The molecule has 2 aromatic carbocycles. The van der Waals surface area contributed by atoms with Crippen LogP contribution >= 0.6 is 0 Å². The fourth-order valence-electron chi connectivity index (χ4n) is 5.19. The highest BCUT2D eigenvalue weighted by Gasteiger charge is 2.37. The summed E-state index contributed by atoms with van der Waals surface area (Å²) in [5.74, 6) is 0.0573. The van der Waals surface area contributed by atoms with Gasteiger partial charge < -0.3 is 30.3 Å². The van der Waals surface area contributed by atoms with Gasteiger partial charge in [0.1, 0.15) is 5.82 Å². The van der Waals surface area contributed by atoms with Crippen LogP contribution in [0.2, 0.25) is 0 Å². The summed E-state index contributed by atoms with van der Waals surface area (Å²) < 4.78 is 44.8. The number of hydrogen-bond acceptors (Lipinski definition) is 8. The van der Waals surface area contributed by atoms with Gasteiger partial charge >= 0.3 is 6.03 Å². The highest BCUT2D eigenvalue weighted by atomic mass is 32.2. The molecule has 3 aliphatic rings. The monoisotopic (exact) mass is 571 g/mol. The number of ether oxygens (including phenoxy) is 1. The van der Waals surface area contributed by atoms with Gasteiger partial charge in [-0.25, -0.2) is 22.6 Å². The van der Waals surface area contributed by atoms with Gasteiger partial charge in [0.15, 0.2) is 9.84 Å². The van der Waals surface area contributed by atoms with Crippen molar-refractivity contribution in [1.29, 1.82) is 0 Å². The lowest BCUT2D eigenvalue weighted by molar-refractivity contribution is 0.0324. The van der Waals surface area contributed by atoms with Crippen molar-refractivity contribution in [3.8, 4) is 0 Å². The molecule has 2 fully saturated rings. The number of carbonyl (C=O) groups is 1. The molecule has 0 unspecified atom stereocenters. The molecule has 0 aromatic heterocycles. The first-order chi connectivity index (χ1) is 19.1. The molecule has 0 radical (unpaired) electrons. The molecular formula is C28H34FN5O5S. The number of anilines is 2. The van der Waals surface area contributed by atoms with E-state index in [1.165, 1.54) is 12.1 Å². The predicted octanol–water partition coefficient (Wildman–Crippen LogP) is 3.20. The predicted molar refractivity (Wildman–Crippen MR) is 152 cm³/mol. The number of nitrogens with one attached hydrogen (secondary N) is 2. The number of nitrogens with zero attached hydrogens (tertiary/aromatic N) is 3. The third kappa shape index (κ3) is 5.84. The fourth-order valence-corrected chi connectivity index (χ4v) is 6.07. The molecule has 40 heavy (non-hydrogen) atoms. The van der Waals surface area contributed by atoms with Crippen LogP contribution in [0.4, 0.5) is 20.6 Å². The van der Waals surface area contributed by atoms with Crippen molar-refractivity contribution >= 4 is 38.9 Å². The molecule has 5 rings (SSSR count). The molecule has 2 aliphatic heterocycles. The van der Waals surface area contributed by atoms with Gasteiger partial charge in [0, 0.05) is 36.3 Å². The van der Waals surface area contributed by atoms with E-state index in [9.17, 15) is 22.7 Å². The third-order valence-corrected chi connectivity index (χ3v) is 8.75. The van der Waals surface area contributed by atoms with Crippen LogP contribution in [0.15, 0.2) is 58.4 Å². The Morgan fingerprint density at radius 1 is 1.23 bits per heavy atom. The minimum atomic E-state index is -3.62. The molecule has 2 amide bonds. The van der Waals surface area contributed by atoms with Crippen LogP contribution in [-0.2, 0) is 14.6 Å². The molecule has 1 atom stereocenters. The van der Waals surface area contributed by atoms with Crippen molar-refractivity contribution in [2.45, 2.75) is 42.7 Å². The highest BCUT2D eigenvalue weighted by Crippen LogP contribution is 2.32. The van der Waals surface area contributed by atoms with E-state index >= 15 is 0 Å². The van der Waals surface area contributed by atoms with Crippen LogP contribution in [0, 0.1) is 5.82 Å². The maximum Gasteiger partial charge on any atom is 0.319 e. The van der Waals surface area contributed by atoms with E-state index in [1.807, 2.05) is 24.0 Å². The molecule has 3 N–H and O–H groups in total. The number of carbonyl (C=O) groups excluding carboxylic acids is 1. The molecule has 12 heteroatoms. The summed E-state index contributed by atoms with van der Waals surface area (Å²) in [6.07, 6.45) is 5.36. The molecule has 1 saturated carbocycles. The van der Waals surface area contributed by atoms with Crippen LogP contribution in [0.25, 0.3) is 5.70 Å². The maximum absolute atomic E-state index is 14.3. The number of benzene rings is 2. The Bertz CT molecular complexity index is 1430. The maximum atomic E-state index is 14.3. The lowest BCUT2D eigenvalue weighted by atomic mass is 9.77. The Balaban J connectivity index is 1.42. The van der Waals surface area contributed by atoms with Gasteiger partial charge in [-0.05, 0) is 74.7 Å². The molecule has 10 nitrogen and oxygen atoms in total. The van der Waals surface area contributed by atoms with Gasteiger partial charge in [-0.3, -0.25) is 0 Å². The Kier molecular flexibility index (Phi) is 7.85. The smallest absolute Gasteiger partial charge is 0.319 e. The number of guanidine groups is 1. The minimum Gasteiger partial charge on any atom is -0.394 e. The van der Waals surface area contributed by atoms with Crippen molar-refractivity contribution in [2.24, 2.45) is 4.99 Å². The Hall–Kier alpha value is -3.48. The van der Waals surface area contributed by atoms with Crippen LogP contribution in [0.1, 0.15) is 31.7 Å². The average Bonchev–Trinajstić information content (AvgIpc) is 2.90. The van der Waals surface area contributed by atoms with Crippen LogP contribution in [0.3, 0.4) is 0 Å². The Labute approximate surface area is 233 Å². The summed E-state index contributed by atoms with van der Waals surface area (Å²) in [6, 6.07) is 10.6. The number of urea groups is 1. The van der Waals surface area contributed by atoms with Gasteiger partial charge in [0.05, 0.1) is 42.0 Å². The van der Waals surface area contributed by atoms with E-state index in [1.54, 1.807) is 18.2 Å². The number of hydrogen-bond donors (Lipinski definition) is 3. The van der Waals surface area contributed by atoms with Gasteiger partial charge in [0.25, 0.3) is 0 Å². The molecule has 0 bridgehead atoms. The lowest BCUT2D eigenvalue weighted by Crippen LogP contribution is -2.57. The molecule has 2 aromatic rings. The number of halogens is 1. The zero-order chi connectivity index (χ0) is 28.5. The average molecular weight is 572 g/mol. The number of aliphatic hydroxyl groups is 1. The number of aliphatic hydroxyl groups excluding tert-OH is 1. The van der Waals surface area contributed by atoms with Gasteiger partial charge in [-0.2, -0.15) is 0 Å². The molecule has 1 saturated heterocycles. The summed E-state index contributed by atoms with van der Waals surface area (Å²) >= 11 is 0. The first-order valence-corrected chi connectivity index (χ1v) is 15.2. The number of amides is 2. The van der Waals surface area contributed by atoms with Crippen molar-refractivity contribution in [3.05, 3.63) is 59.9 Å². The summed E-state index contributed by atoms with van der Waals surface area (Å²) in [4.78, 5) is 21.5. The third-order valence-electron chi connectivity index (χ3n) is 7.60. The molecule has 214 valence electrons. The van der Waals surface area contributed by atoms with Crippen molar-refractivity contribution in [3.63, 3.8) is 0 Å². The second-order valence-corrected chi connectivity index (χ2v) is 12.5. The molecule has 2 heterocycles. The van der Waals surface area contributed by atoms with E-state index < -0.39 is 21.2 Å². The highest BCUT2D eigenvalue weighted by molar-refractivity contribution is 7.90. The Morgan fingerprint density at radius 2 is 1.98 bits per heavy atom. The van der Waals surface area contributed by atoms with E-state index in [2.05, 4.69) is 15.5 Å². The summed E-state index contributed by atoms with van der Waals surface area (Å²) in [5, 5.41) is 15.3. The van der Waals surface area contributed by atoms with E-state index in [0.29, 0.717) is 43.6 Å². The zero-order valence-electron chi connectivity index (χ0n) is 22.6. The zero-order valence-corrected chi connectivity index (χ0v) is 23.4. The van der Waals surface area contributed by atoms with Crippen molar-refractivity contribution < 1.29 is 27.4 Å². The molecule has 0 spiro atoms. The quantitative estimate of drug-likeness (QED) is 0.455. The normalized spacial score (nSPS) is 20.8. The Morgan fingerprint density at radius 3 is 2.60 bits per heavy atom. The van der Waals surface area contributed by atoms with Gasteiger partial charge in [0.2, 0.25) is 5.96 Å². The summed E-state index contributed by atoms with van der Waals surface area (Å²) in [6.45, 7) is 3.90. The summed E-state index contributed by atoms with van der Waals surface area (Å²) in [7, 11) is -3.62.